The fourth-order valence-corrected chi connectivity index (χ4v) is 11.5. The van der Waals surface area contributed by atoms with Crippen LogP contribution >= 0.6 is 0 Å². The third kappa shape index (κ3) is 6.18. The van der Waals surface area contributed by atoms with E-state index in [2.05, 4.69) is 160 Å². The van der Waals surface area contributed by atoms with Crippen LogP contribution < -0.4 is 5.46 Å². The van der Waals surface area contributed by atoms with Gasteiger partial charge < -0.3 is 4.42 Å². The lowest BCUT2D eigenvalue weighted by atomic mass is 9.48. The van der Waals surface area contributed by atoms with E-state index >= 15 is 0 Å². The average molecular weight is 774 g/mol. The van der Waals surface area contributed by atoms with Crippen molar-refractivity contribution in [1.82, 2.24) is 15.0 Å². The molecule has 0 radical (unpaired) electrons. The molecule has 4 bridgehead atoms. The second-order valence-corrected chi connectivity index (χ2v) is 18.0. The van der Waals surface area contributed by atoms with Crippen LogP contribution in [0.4, 0.5) is 0 Å². The molecule has 2 aromatic heterocycles. The average Bonchev–Trinajstić information content (AvgIpc) is 3.67. The van der Waals surface area contributed by atoms with E-state index in [1.165, 1.54) is 60.7 Å². The van der Waals surface area contributed by atoms with E-state index in [-0.39, 0.29) is 5.41 Å². The van der Waals surface area contributed by atoms with Crippen LogP contribution in [0.3, 0.4) is 0 Å². The second kappa shape index (κ2) is 14.0. The molecule has 4 fully saturated rings. The number of benzene rings is 7. The number of aromatic nitrogens is 3. The Morgan fingerprint density at radius 1 is 0.433 bits per heavy atom. The molecule has 4 aliphatic carbocycles. The number of rotatable bonds is 7. The van der Waals surface area contributed by atoms with Crippen molar-refractivity contribution in [2.24, 2.45) is 17.8 Å². The second-order valence-electron chi connectivity index (χ2n) is 18.0. The van der Waals surface area contributed by atoms with Crippen molar-refractivity contribution in [2.45, 2.75) is 43.9 Å². The Hall–Kier alpha value is -6.59. The monoisotopic (exact) mass is 773 g/mol. The maximum Gasteiger partial charge on any atom is 0.167 e. The Kier molecular flexibility index (Phi) is 8.26. The molecule has 4 aliphatic rings. The van der Waals surface area contributed by atoms with Gasteiger partial charge in [-0.1, -0.05) is 133 Å². The summed E-state index contributed by atoms with van der Waals surface area (Å²) in [7, 11) is 2.13. The molecule has 60 heavy (non-hydrogen) atoms. The van der Waals surface area contributed by atoms with Gasteiger partial charge >= 0.3 is 0 Å². The van der Waals surface area contributed by atoms with Gasteiger partial charge in [-0.3, -0.25) is 0 Å². The Labute approximate surface area is 351 Å². The van der Waals surface area contributed by atoms with Crippen LogP contribution in [-0.2, 0) is 5.41 Å². The predicted octanol–water partition coefficient (Wildman–Crippen LogP) is 12.5. The summed E-state index contributed by atoms with van der Waals surface area (Å²) in [6, 6.07) is 58.7. The van der Waals surface area contributed by atoms with Crippen LogP contribution in [0, 0.1) is 17.8 Å². The Morgan fingerprint density at radius 3 is 1.68 bits per heavy atom. The first-order valence-electron chi connectivity index (χ1n) is 21.7. The molecule has 4 nitrogen and oxygen atoms in total. The zero-order valence-electron chi connectivity index (χ0n) is 33.8. The molecule has 0 spiro atoms. The van der Waals surface area contributed by atoms with Crippen LogP contribution in [0.15, 0.2) is 168 Å². The van der Waals surface area contributed by atoms with Gasteiger partial charge in [0.25, 0.3) is 0 Å². The van der Waals surface area contributed by atoms with Gasteiger partial charge in [-0.15, -0.1) is 0 Å². The van der Waals surface area contributed by atoms with Gasteiger partial charge in [-0.2, -0.15) is 0 Å². The highest BCUT2D eigenvalue weighted by Crippen LogP contribution is 2.61. The minimum Gasteiger partial charge on any atom is -0.455 e. The highest BCUT2D eigenvalue weighted by Gasteiger charge is 2.51. The molecule has 0 saturated heterocycles. The standard InChI is InChI=1S/C55H44BN3O/c56-46-20-18-39(19-21-46)43-29-48-47-16-7-8-17-50(47)60-51(48)49(30-43)54-58-52(41-15-9-14-40(25-41)37-10-3-1-4-11-37)57-53(59-54)44-26-42(38-12-5-2-6-13-38)27-45(28-44)55-31-34-22-35(32-55)24-36(23-34)33-55/h1-21,25-30,34-36H,22-24,31-33,56H2. The Balaban J connectivity index is 1.11. The van der Waals surface area contributed by atoms with E-state index < -0.39 is 0 Å². The lowest BCUT2D eigenvalue weighted by Crippen LogP contribution is -2.48. The van der Waals surface area contributed by atoms with Crippen molar-refractivity contribution in [3.63, 3.8) is 0 Å². The van der Waals surface area contributed by atoms with Crippen molar-refractivity contribution in [3.05, 3.63) is 169 Å². The minimum atomic E-state index is 0.194. The van der Waals surface area contributed by atoms with Gasteiger partial charge in [0, 0.05) is 21.9 Å². The van der Waals surface area contributed by atoms with E-state index in [4.69, 9.17) is 19.4 Å². The van der Waals surface area contributed by atoms with E-state index in [1.54, 1.807) is 0 Å². The summed E-state index contributed by atoms with van der Waals surface area (Å²) < 4.78 is 6.75. The van der Waals surface area contributed by atoms with Gasteiger partial charge in [0.15, 0.2) is 17.5 Å². The summed E-state index contributed by atoms with van der Waals surface area (Å²) >= 11 is 0. The number of hydrogen-bond donors (Lipinski definition) is 0. The molecular weight excluding hydrogens is 729 g/mol. The first-order valence-corrected chi connectivity index (χ1v) is 21.7. The van der Waals surface area contributed by atoms with Crippen LogP contribution in [0.2, 0.25) is 0 Å². The summed E-state index contributed by atoms with van der Waals surface area (Å²) in [5, 5.41) is 2.12. The van der Waals surface area contributed by atoms with Crippen molar-refractivity contribution < 1.29 is 4.42 Å². The zero-order valence-corrected chi connectivity index (χ0v) is 33.8. The molecule has 2 heterocycles. The van der Waals surface area contributed by atoms with Gasteiger partial charge in [0.05, 0.1) is 5.56 Å². The van der Waals surface area contributed by atoms with Crippen molar-refractivity contribution in [2.75, 3.05) is 0 Å². The first kappa shape index (κ1) is 35.4. The number of para-hydroxylation sites is 1. The largest absolute Gasteiger partial charge is 0.455 e. The number of hydrogen-bond acceptors (Lipinski definition) is 4. The molecule has 9 aromatic rings. The lowest BCUT2D eigenvalue weighted by molar-refractivity contribution is -0.00515. The van der Waals surface area contributed by atoms with E-state index in [9.17, 15) is 0 Å². The summed E-state index contributed by atoms with van der Waals surface area (Å²) in [5.74, 6) is 4.41. The summed E-state index contributed by atoms with van der Waals surface area (Å²) in [6.45, 7) is 0. The topological polar surface area (TPSA) is 51.8 Å². The minimum absolute atomic E-state index is 0.194. The highest BCUT2D eigenvalue weighted by molar-refractivity contribution is 6.32. The maximum atomic E-state index is 6.75. The Bertz CT molecular complexity index is 3050. The third-order valence-corrected chi connectivity index (χ3v) is 13.9. The number of furan rings is 1. The molecule has 288 valence electrons. The molecular formula is C55H44BN3O. The summed E-state index contributed by atoms with van der Waals surface area (Å²) in [6.07, 6.45) is 8.07. The van der Waals surface area contributed by atoms with Crippen molar-refractivity contribution in [3.8, 4) is 67.5 Å². The summed E-state index contributed by atoms with van der Waals surface area (Å²) in [5.41, 5.74) is 14.2. The third-order valence-electron chi connectivity index (χ3n) is 13.9. The molecule has 5 heteroatoms. The molecule has 0 unspecified atom stereocenters. The number of fused-ring (bicyclic) bond motifs is 3. The highest BCUT2D eigenvalue weighted by atomic mass is 16.3. The van der Waals surface area contributed by atoms with Crippen LogP contribution in [0.25, 0.3) is 89.5 Å². The normalized spacial score (nSPS) is 20.6. The van der Waals surface area contributed by atoms with E-state index in [0.29, 0.717) is 17.5 Å². The molecule has 0 N–H and O–H groups in total. The SMILES string of the molecule is Bc1ccc(-c2cc(-c3nc(-c4cccc(-c5ccccc5)c4)nc(-c4cc(-c5ccccc5)cc(C56CC7CC(CC(C7)C5)C6)c4)n3)c3oc4ccccc4c3c2)cc1. The van der Waals surface area contributed by atoms with Crippen molar-refractivity contribution in [1.29, 1.82) is 0 Å². The fourth-order valence-electron chi connectivity index (χ4n) is 11.5. The van der Waals surface area contributed by atoms with Gasteiger partial charge in [0.1, 0.15) is 19.0 Å². The van der Waals surface area contributed by atoms with Crippen LogP contribution in [0.5, 0.6) is 0 Å². The van der Waals surface area contributed by atoms with E-state index in [0.717, 1.165) is 78.6 Å². The van der Waals surface area contributed by atoms with Crippen LogP contribution in [-0.4, -0.2) is 22.8 Å². The lowest BCUT2D eigenvalue weighted by Gasteiger charge is -2.57. The quantitative estimate of drug-likeness (QED) is 0.151. The molecule has 0 atom stereocenters. The van der Waals surface area contributed by atoms with Crippen molar-refractivity contribution >= 4 is 35.2 Å². The molecule has 4 saturated carbocycles. The molecule has 0 amide bonds. The smallest absolute Gasteiger partial charge is 0.167 e. The maximum absolute atomic E-state index is 6.75. The molecule has 7 aromatic carbocycles. The van der Waals surface area contributed by atoms with E-state index in [1.807, 2.05) is 12.1 Å². The zero-order chi connectivity index (χ0) is 39.8. The number of nitrogens with zero attached hydrogens (tertiary/aromatic N) is 3. The molecule has 13 rings (SSSR count). The predicted molar refractivity (Wildman–Crippen MR) is 248 cm³/mol. The Morgan fingerprint density at radius 2 is 0.967 bits per heavy atom. The van der Waals surface area contributed by atoms with Crippen LogP contribution in [0.1, 0.15) is 44.1 Å². The molecule has 0 aliphatic heterocycles. The first-order chi connectivity index (χ1) is 29.5. The fraction of sp³-hybridized carbons (Fsp3) is 0.182. The summed E-state index contributed by atoms with van der Waals surface area (Å²) in [4.78, 5) is 16.3. The van der Waals surface area contributed by atoms with Gasteiger partial charge in [-0.05, 0) is 137 Å². The van der Waals surface area contributed by atoms with Gasteiger partial charge in [-0.25, -0.2) is 15.0 Å². The van der Waals surface area contributed by atoms with Gasteiger partial charge in [0.2, 0.25) is 0 Å².